The van der Waals surface area contributed by atoms with Crippen molar-refractivity contribution < 1.29 is 9.53 Å². The second kappa shape index (κ2) is 7.44. The normalized spacial score (nSPS) is 24.2. The van der Waals surface area contributed by atoms with E-state index in [1.165, 1.54) is 5.56 Å². The summed E-state index contributed by atoms with van der Waals surface area (Å²) in [6.45, 7) is 1.89. The minimum absolute atomic E-state index is 0.104. The van der Waals surface area contributed by atoms with Crippen molar-refractivity contribution in [3.63, 3.8) is 0 Å². The van der Waals surface area contributed by atoms with Crippen molar-refractivity contribution in [2.45, 2.75) is 31.6 Å². The summed E-state index contributed by atoms with van der Waals surface area (Å²) in [6, 6.07) is 20.2. The first kappa shape index (κ1) is 18.2. The van der Waals surface area contributed by atoms with Gasteiger partial charge in [0.25, 0.3) is 0 Å². The topological polar surface area (TPSA) is 62.4 Å². The molecule has 140 valence electrons. The van der Waals surface area contributed by atoms with Gasteiger partial charge in [-0.05, 0) is 42.5 Å². The van der Waals surface area contributed by atoms with Gasteiger partial charge in [0, 0.05) is 29.3 Å². The molecule has 4 nitrogen and oxygen atoms in total. The zero-order valence-corrected chi connectivity index (χ0v) is 16.1. The quantitative estimate of drug-likeness (QED) is 0.780. The number of carbonyl (C=O) groups is 1. The van der Waals surface area contributed by atoms with E-state index in [-0.39, 0.29) is 17.6 Å². The highest BCUT2D eigenvalue weighted by molar-refractivity contribution is 6.03. The molecule has 0 saturated carbocycles. The van der Waals surface area contributed by atoms with E-state index in [9.17, 15) is 10.1 Å². The molecule has 28 heavy (non-hydrogen) atoms. The van der Waals surface area contributed by atoms with E-state index in [0.29, 0.717) is 6.42 Å². The van der Waals surface area contributed by atoms with Gasteiger partial charge in [0.15, 0.2) is 5.78 Å². The van der Waals surface area contributed by atoms with Gasteiger partial charge in [0.2, 0.25) is 0 Å². The predicted molar refractivity (Wildman–Crippen MR) is 108 cm³/mol. The number of rotatable bonds is 3. The molecule has 3 atom stereocenters. The Hall–Kier alpha value is -3.19. The molecule has 1 heterocycles. The fourth-order valence-electron chi connectivity index (χ4n) is 4.36. The molecule has 4 rings (SSSR count). The monoisotopic (exact) mass is 370 g/mol. The van der Waals surface area contributed by atoms with Crippen LogP contribution in [0.5, 0.6) is 5.75 Å². The molecule has 1 aliphatic heterocycles. The van der Waals surface area contributed by atoms with Gasteiger partial charge >= 0.3 is 0 Å². The summed E-state index contributed by atoms with van der Waals surface area (Å²) < 4.78 is 5.25. The molecule has 0 bridgehead atoms. The van der Waals surface area contributed by atoms with Gasteiger partial charge in [-0.15, -0.1) is 0 Å². The van der Waals surface area contributed by atoms with Crippen molar-refractivity contribution in [3.05, 3.63) is 77.0 Å². The standard InChI is InChI=1S/C24H22N2O2/c1-15-20(14-25)23(17-8-10-19(28-2)11-9-17)24-21(26-15)12-18(13-22(24)27)16-6-4-3-5-7-16/h3-11,18,20,23H,12-13H2,1-2H3/t18-,20?,23-/m0/s1. The fourth-order valence-corrected chi connectivity index (χ4v) is 4.36. The minimum atomic E-state index is -0.427. The number of ketones is 1. The molecular weight excluding hydrogens is 348 g/mol. The molecule has 0 N–H and O–H groups in total. The molecule has 2 aliphatic rings. The smallest absolute Gasteiger partial charge is 0.161 e. The van der Waals surface area contributed by atoms with Crippen LogP contribution < -0.4 is 4.74 Å². The third-order valence-corrected chi connectivity index (χ3v) is 5.77. The lowest BCUT2D eigenvalue weighted by atomic mass is 9.69. The van der Waals surface area contributed by atoms with Crippen molar-refractivity contribution in [3.8, 4) is 11.8 Å². The van der Waals surface area contributed by atoms with Gasteiger partial charge in [-0.3, -0.25) is 9.79 Å². The number of nitriles is 1. The third-order valence-electron chi connectivity index (χ3n) is 5.77. The van der Waals surface area contributed by atoms with E-state index in [1.807, 2.05) is 49.4 Å². The summed E-state index contributed by atoms with van der Waals surface area (Å²) in [5.74, 6) is 0.301. The molecular formula is C24H22N2O2. The van der Waals surface area contributed by atoms with Crippen LogP contribution in [-0.4, -0.2) is 18.6 Å². The average Bonchev–Trinajstić information content (AvgIpc) is 2.73. The van der Waals surface area contributed by atoms with Gasteiger partial charge in [-0.25, -0.2) is 0 Å². The number of aliphatic imine (C=N–C) groups is 1. The zero-order valence-electron chi connectivity index (χ0n) is 16.1. The van der Waals surface area contributed by atoms with Crippen molar-refractivity contribution in [1.82, 2.24) is 0 Å². The molecule has 2 aromatic carbocycles. The van der Waals surface area contributed by atoms with E-state index < -0.39 is 5.92 Å². The van der Waals surface area contributed by atoms with Crippen LogP contribution in [0.15, 0.2) is 70.9 Å². The second-order valence-corrected chi connectivity index (χ2v) is 7.41. The van der Waals surface area contributed by atoms with Crippen LogP contribution in [0.4, 0.5) is 0 Å². The van der Waals surface area contributed by atoms with E-state index in [1.54, 1.807) is 7.11 Å². The Labute approximate surface area is 165 Å². The number of nitrogens with zero attached hydrogens (tertiary/aromatic N) is 2. The summed E-state index contributed by atoms with van der Waals surface area (Å²) in [6.07, 6.45) is 1.19. The molecule has 0 spiro atoms. The van der Waals surface area contributed by atoms with Crippen LogP contribution in [0.25, 0.3) is 0 Å². The van der Waals surface area contributed by atoms with Gasteiger partial charge < -0.3 is 4.74 Å². The molecule has 0 fully saturated rings. The fraction of sp³-hybridized carbons (Fsp3) is 0.292. The van der Waals surface area contributed by atoms with Crippen LogP contribution in [0, 0.1) is 17.2 Å². The Morgan fingerprint density at radius 3 is 2.39 bits per heavy atom. The first-order chi connectivity index (χ1) is 13.6. The number of carbonyl (C=O) groups excluding carboxylic acids is 1. The van der Waals surface area contributed by atoms with Gasteiger partial charge in [0.1, 0.15) is 5.75 Å². The van der Waals surface area contributed by atoms with Crippen LogP contribution in [-0.2, 0) is 4.79 Å². The second-order valence-electron chi connectivity index (χ2n) is 7.41. The number of methoxy groups -OCH3 is 1. The van der Waals surface area contributed by atoms with E-state index in [0.717, 1.165) is 34.7 Å². The lowest BCUT2D eigenvalue weighted by Crippen LogP contribution is -2.32. The summed E-state index contributed by atoms with van der Waals surface area (Å²) in [4.78, 5) is 17.9. The molecule has 1 unspecified atom stereocenters. The van der Waals surface area contributed by atoms with Crippen molar-refractivity contribution in [2.75, 3.05) is 7.11 Å². The van der Waals surface area contributed by atoms with Crippen molar-refractivity contribution in [2.24, 2.45) is 10.9 Å². The molecule has 2 aromatic rings. The summed E-state index contributed by atoms with van der Waals surface area (Å²) in [5, 5.41) is 9.81. The Morgan fingerprint density at radius 2 is 1.75 bits per heavy atom. The maximum Gasteiger partial charge on any atom is 0.161 e. The Bertz CT molecular complexity index is 997. The number of hydrogen-bond acceptors (Lipinski definition) is 4. The van der Waals surface area contributed by atoms with E-state index in [4.69, 9.17) is 9.73 Å². The third kappa shape index (κ3) is 3.14. The minimum Gasteiger partial charge on any atom is -0.497 e. The van der Waals surface area contributed by atoms with Crippen molar-refractivity contribution in [1.29, 1.82) is 5.26 Å². The summed E-state index contributed by atoms with van der Waals surface area (Å²) >= 11 is 0. The number of allylic oxidation sites excluding steroid dienone is 2. The zero-order chi connectivity index (χ0) is 19.7. The highest BCUT2D eigenvalue weighted by Crippen LogP contribution is 2.46. The number of Topliss-reactive ketones (excluding diaryl/α,β-unsaturated/α-hetero) is 1. The van der Waals surface area contributed by atoms with Crippen LogP contribution >= 0.6 is 0 Å². The highest BCUT2D eigenvalue weighted by Gasteiger charge is 2.41. The molecule has 0 saturated heterocycles. The Balaban J connectivity index is 1.77. The number of benzene rings is 2. The SMILES string of the molecule is COc1ccc([C@@H]2C3=C(C[C@H](c4ccccc4)CC3=O)N=C(C)C2C#N)cc1. The molecule has 0 radical (unpaired) electrons. The summed E-state index contributed by atoms with van der Waals surface area (Å²) in [7, 11) is 1.62. The molecule has 0 amide bonds. The maximum absolute atomic E-state index is 13.2. The largest absolute Gasteiger partial charge is 0.497 e. The first-order valence-electron chi connectivity index (χ1n) is 9.52. The molecule has 1 aliphatic carbocycles. The van der Waals surface area contributed by atoms with Crippen LogP contribution in [0.3, 0.4) is 0 Å². The van der Waals surface area contributed by atoms with Crippen molar-refractivity contribution >= 4 is 11.5 Å². The lowest BCUT2D eigenvalue weighted by Gasteiger charge is -2.35. The lowest BCUT2D eigenvalue weighted by molar-refractivity contribution is -0.116. The molecule has 0 aromatic heterocycles. The number of hydrogen-bond donors (Lipinski definition) is 0. The maximum atomic E-state index is 13.2. The highest BCUT2D eigenvalue weighted by atomic mass is 16.5. The Kier molecular flexibility index (Phi) is 4.83. The predicted octanol–water partition coefficient (Wildman–Crippen LogP) is 4.79. The van der Waals surface area contributed by atoms with Gasteiger partial charge in [-0.1, -0.05) is 42.5 Å². The van der Waals surface area contributed by atoms with Gasteiger partial charge in [-0.2, -0.15) is 5.26 Å². The van der Waals surface area contributed by atoms with E-state index >= 15 is 0 Å². The van der Waals surface area contributed by atoms with Crippen LogP contribution in [0.1, 0.15) is 42.7 Å². The molecule has 4 heteroatoms. The Morgan fingerprint density at radius 1 is 1.04 bits per heavy atom. The van der Waals surface area contributed by atoms with E-state index in [2.05, 4.69) is 18.2 Å². The first-order valence-corrected chi connectivity index (χ1v) is 9.52. The number of ether oxygens (including phenoxy) is 1. The van der Waals surface area contributed by atoms with Gasteiger partial charge in [0.05, 0.1) is 19.1 Å². The summed E-state index contributed by atoms with van der Waals surface area (Å²) in [5.41, 5.74) is 4.47. The average molecular weight is 370 g/mol. The van der Waals surface area contributed by atoms with Crippen LogP contribution in [0.2, 0.25) is 0 Å².